The fourth-order valence-corrected chi connectivity index (χ4v) is 5.57. The fourth-order valence-electron chi connectivity index (χ4n) is 5.57. The zero-order chi connectivity index (χ0) is 38.8. The van der Waals surface area contributed by atoms with E-state index in [-0.39, 0.29) is 29.8 Å². The van der Waals surface area contributed by atoms with Crippen LogP contribution in [0.4, 0.5) is 38.3 Å². The molecule has 2 aromatic carbocycles. The van der Waals surface area contributed by atoms with Crippen LogP contribution >= 0.6 is 0 Å². The van der Waals surface area contributed by atoms with E-state index in [0.717, 1.165) is 12.1 Å². The largest absolute Gasteiger partial charge is 0.444 e. The third-order valence-electron chi connectivity index (χ3n) is 7.97. The number of nitrogens with one attached hydrogen (secondary N) is 2. The van der Waals surface area contributed by atoms with Gasteiger partial charge in [0.1, 0.15) is 30.4 Å². The van der Waals surface area contributed by atoms with Crippen LogP contribution in [-0.4, -0.2) is 76.5 Å². The summed E-state index contributed by atoms with van der Waals surface area (Å²) in [5.74, 6) is 1.50. The Morgan fingerprint density at radius 3 is 2.34 bits per heavy atom. The minimum atomic E-state index is -4.69. The summed E-state index contributed by atoms with van der Waals surface area (Å²) in [7, 11) is 1.71. The average Bonchev–Trinajstić information content (AvgIpc) is 3.36. The van der Waals surface area contributed by atoms with Crippen molar-refractivity contribution in [3.63, 3.8) is 0 Å². The Balaban J connectivity index is 1.51. The van der Waals surface area contributed by atoms with Crippen molar-refractivity contribution in [2.45, 2.75) is 38.7 Å². The number of aryl methyl sites for hydroxylation is 1. The number of amides is 3. The van der Waals surface area contributed by atoms with Crippen LogP contribution in [0, 0.1) is 17.7 Å². The van der Waals surface area contributed by atoms with Gasteiger partial charge in [0.2, 0.25) is 0 Å². The Labute approximate surface area is 300 Å². The summed E-state index contributed by atoms with van der Waals surface area (Å²) < 4.78 is 79.8. The summed E-state index contributed by atoms with van der Waals surface area (Å²) in [5.41, 5.74) is 7.95. The van der Waals surface area contributed by atoms with Crippen molar-refractivity contribution in [3.8, 4) is 34.2 Å². The number of nitrogens with two attached hydrogens (primary N) is 1. The minimum absolute atomic E-state index is 0.0182. The van der Waals surface area contributed by atoms with Gasteiger partial charge in [0.05, 0.1) is 46.9 Å². The lowest BCUT2D eigenvalue weighted by molar-refractivity contribution is -0.123. The van der Waals surface area contributed by atoms with Crippen LogP contribution in [0.1, 0.15) is 36.7 Å². The molecule has 0 aliphatic carbocycles. The molecule has 1 saturated heterocycles. The number of alkyl halides is 3. The molecule has 278 valence electrons. The third kappa shape index (κ3) is 8.93. The van der Waals surface area contributed by atoms with E-state index in [1.54, 1.807) is 49.8 Å². The van der Waals surface area contributed by atoms with E-state index in [1.165, 1.54) is 29.3 Å². The van der Waals surface area contributed by atoms with Crippen molar-refractivity contribution >= 4 is 40.3 Å². The average molecular weight is 739 g/mol. The minimum Gasteiger partial charge on any atom is -0.444 e. The van der Waals surface area contributed by atoms with Gasteiger partial charge in [-0.05, 0) is 56.2 Å². The van der Waals surface area contributed by atoms with Crippen LogP contribution < -0.4 is 16.4 Å². The number of nitrogen functional groups attached to an aromatic ring is 1. The number of halogens is 5. The van der Waals surface area contributed by atoms with E-state index in [9.17, 15) is 31.9 Å². The molecule has 53 heavy (non-hydrogen) atoms. The molecule has 0 atom stereocenters. The first kappa shape index (κ1) is 38.3. The molecule has 1 aliphatic heterocycles. The van der Waals surface area contributed by atoms with Gasteiger partial charge in [0, 0.05) is 24.5 Å². The highest BCUT2D eigenvalue weighted by atomic mass is 19.4. The maximum absolute atomic E-state index is 15.5. The molecule has 4 aromatic rings. The van der Waals surface area contributed by atoms with Crippen LogP contribution in [-0.2, 0) is 21.3 Å². The highest BCUT2D eigenvalue weighted by Gasteiger charge is 2.34. The molecule has 0 saturated carbocycles. The smallest absolute Gasteiger partial charge is 0.410 e. The molecular formula is C37H35F5N6O5. The SMILES string of the molecule is C=C(F)C(=O)Nc1ccc(-c2c(-c3ccc(C(=O)NCC(F)(F)F)c(F)c3)c3c(N)ncc(C#CCOC4CN(C(=O)OC(C)(C)C)C4)c3n2C)cc1. The van der Waals surface area contributed by atoms with Crippen LogP contribution in [0.15, 0.2) is 61.1 Å². The zero-order valence-corrected chi connectivity index (χ0v) is 29.1. The molecule has 0 spiro atoms. The normalized spacial score (nSPS) is 13.2. The Bertz CT molecular complexity index is 2160. The van der Waals surface area contributed by atoms with Gasteiger partial charge in [-0.15, -0.1) is 0 Å². The van der Waals surface area contributed by atoms with Crippen molar-refractivity contribution in [2.24, 2.45) is 7.05 Å². The van der Waals surface area contributed by atoms with Gasteiger partial charge in [-0.1, -0.05) is 36.6 Å². The number of rotatable bonds is 8. The molecule has 1 fully saturated rings. The summed E-state index contributed by atoms with van der Waals surface area (Å²) in [5, 5.41) is 4.39. The summed E-state index contributed by atoms with van der Waals surface area (Å²) in [4.78, 5) is 42.3. The second kappa shape index (κ2) is 15.0. The number of benzene rings is 2. The monoisotopic (exact) mass is 738 g/mol. The maximum atomic E-state index is 15.5. The third-order valence-corrected chi connectivity index (χ3v) is 7.97. The first-order valence-corrected chi connectivity index (χ1v) is 16.1. The molecular weight excluding hydrogens is 703 g/mol. The van der Waals surface area contributed by atoms with E-state index in [0.29, 0.717) is 46.4 Å². The summed E-state index contributed by atoms with van der Waals surface area (Å²) in [6.45, 7) is 7.39. The van der Waals surface area contributed by atoms with Gasteiger partial charge in [-0.25, -0.2) is 18.6 Å². The number of aromatic nitrogens is 2. The van der Waals surface area contributed by atoms with Crippen LogP contribution in [0.5, 0.6) is 0 Å². The number of hydrogen-bond donors (Lipinski definition) is 3. The van der Waals surface area contributed by atoms with Crippen LogP contribution in [0.25, 0.3) is 33.3 Å². The van der Waals surface area contributed by atoms with Gasteiger partial charge < -0.3 is 35.3 Å². The zero-order valence-electron chi connectivity index (χ0n) is 29.1. The van der Waals surface area contributed by atoms with E-state index >= 15 is 4.39 Å². The molecule has 16 heteroatoms. The molecule has 3 amide bonds. The van der Waals surface area contributed by atoms with Crippen LogP contribution in [0.3, 0.4) is 0 Å². The molecule has 0 bridgehead atoms. The Morgan fingerprint density at radius 2 is 1.74 bits per heavy atom. The lowest BCUT2D eigenvalue weighted by atomic mass is 9.96. The van der Waals surface area contributed by atoms with Gasteiger partial charge in [0.25, 0.3) is 11.8 Å². The number of fused-ring (bicyclic) bond motifs is 1. The fraction of sp³-hybridized carbons (Fsp3) is 0.297. The molecule has 2 aromatic heterocycles. The lowest BCUT2D eigenvalue weighted by Crippen LogP contribution is -2.55. The highest BCUT2D eigenvalue weighted by Crippen LogP contribution is 2.44. The molecule has 1 aliphatic rings. The van der Waals surface area contributed by atoms with Gasteiger partial charge >= 0.3 is 12.3 Å². The highest BCUT2D eigenvalue weighted by molar-refractivity contribution is 6.11. The van der Waals surface area contributed by atoms with Crippen LogP contribution in [0.2, 0.25) is 0 Å². The second-order valence-corrected chi connectivity index (χ2v) is 13.1. The summed E-state index contributed by atoms with van der Waals surface area (Å²) in [6.07, 6.45) is -3.90. The number of carbonyl (C=O) groups excluding carboxylic acids is 3. The molecule has 5 rings (SSSR count). The predicted molar refractivity (Wildman–Crippen MR) is 188 cm³/mol. The molecule has 3 heterocycles. The van der Waals surface area contributed by atoms with Gasteiger partial charge in [-0.2, -0.15) is 13.2 Å². The van der Waals surface area contributed by atoms with Crippen molar-refractivity contribution in [1.29, 1.82) is 0 Å². The first-order chi connectivity index (χ1) is 24.8. The number of likely N-dealkylation sites (tertiary alicyclic amines) is 1. The summed E-state index contributed by atoms with van der Waals surface area (Å²) in [6, 6.07) is 9.70. The predicted octanol–water partition coefficient (Wildman–Crippen LogP) is 6.33. The van der Waals surface area contributed by atoms with Crippen molar-refractivity contribution in [1.82, 2.24) is 19.8 Å². The number of pyridine rings is 1. The number of ether oxygens (including phenoxy) is 2. The number of carbonyl (C=O) groups is 3. The van der Waals surface area contributed by atoms with Gasteiger partial charge in [0.15, 0.2) is 5.83 Å². The van der Waals surface area contributed by atoms with Gasteiger partial charge in [-0.3, -0.25) is 9.59 Å². The van der Waals surface area contributed by atoms with Crippen molar-refractivity contribution in [2.75, 3.05) is 37.3 Å². The van der Waals surface area contributed by atoms with E-state index < -0.39 is 53.4 Å². The standard InChI is InChI=1S/C37H35F5N6O5/c1-20(38)33(49)46-24-11-8-21(9-12-24)30-28(22-10-13-26(27(39)15-22)34(50)45-19-37(40,41)42)29-31(47(30)5)23(16-44-32(29)43)7-6-14-52-25-17-48(18-25)35(51)53-36(2,3)4/h8-13,15-16,25H,1,14,17-19H2,2-5H3,(H2,43,44)(H,45,50)(H,46,49). The Kier molecular flexibility index (Phi) is 10.8. The van der Waals surface area contributed by atoms with Crippen molar-refractivity contribution < 1.29 is 45.8 Å². The molecule has 11 nitrogen and oxygen atoms in total. The number of nitrogens with zero attached hydrogens (tertiary/aromatic N) is 3. The molecule has 0 radical (unpaired) electrons. The maximum Gasteiger partial charge on any atom is 0.410 e. The Morgan fingerprint density at radius 1 is 1.08 bits per heavy atom. The van der Waals surface area contributed by atoms with E-state index in [1.807, 2.05) is 0 Å². The molecule has 0 unspecified atom stereocenters. The van der Waals surface area contributed by atoms with Crippen molar-refractivity contribution in [3.05, 3.63) is 78.0 Å². The van der Waals surface area contributed by atoms with E-state index in [2.05, 4.69) is 28.7 Å². The first-order valence-electron chi connectivity index (χ1n) is 16.1. The number of anilines is 2. The molecule has 4 N–H and O–H groups in total. The second-order valence-electron chi connectivity index (χ2n) is 13.1. The lowest BCUT2D eigenvalue weighted by Gasteiger charge is -2.39. The Hall–Kier alpha value is -5.95. The number of hydrogen-bond acceptors (Lipinski definition) is 7. The quantitative estimate of drug-likeness (QED) is 0.109. The van der Waals surface area contributed by atoms with E-state index in [4.69, 9.17) is 15.2 Å². The summed E-state index contributed by atoms with van der Waals surface area (Å²) >= 11 is 0. The topological polar surface area (TPSA) is 141 Å².